The molecule has 2 nitrogen and oxygen atoms in total. The fourth-order valence-corrected chi connectivity index (χ4v) is 6.03. The van der Waals surface area contributed by atoms with E-state index in [0.717, 1.165) is 18.6 Å². The first-order chi connectivity index (χ1) is 13.4. The van der Waals surface area contributed by atoms with Gasteiger partial charge in [-0.25, -0.2) is 0 Å². The van der Waals surface area contributed by atoms with Gasteiger partial charge in [-0.1, -0.05) is 0 Å². The summed E-state index contributed by atoms with van der Waals surface area (Å²) in [6, 6.07) is 11.1. The van der Waals surface area contributed by atoms with E-state index in [9.17, 15) is 0 Å². The third-order valence-electron chi connectivity index (χ3n) is 5.00. The van der Waals surface area contributed by atoms with E-state index in [4.69, 9.17) is 4.43 Å². The maximum atomic E-state index is 6.71. The Kier molecular flexibility index (Phi) is 9.74. The van der Waals surface area contributed by atoms with Gasteiger partial charge in [0, 0.05) is 0 Å². The van der Waals surface area contributed by atoms with Crippen LogP contribution < -0.4 is 45.0 Å². The molecule has 0 spiro atoms. The van der Waals surface area contributed by atoms with E-state index < -0.39 is 8.32 Å². The van der Waals surface area contributed by atoms with Crippen molar-refractivity contribution in [3.63, 3.8) is 0 Å². The standard InChI is InChI=1S/C25H34NOSi.2ClH.Zr/c1-9-12-17(2)23-22(27-28(6,7)8)16-20-19-14-11-10-13-18(19)15-21(20)24(23)26-25(3,4)5;;;/h10-11,13-14,16,26H,9,12H2,1-8H3;2*1H;/q;;;+2/p-2. The Balaban J connectivity index is 0.00000240. The van der Waals surface area contributed by atoms with Crippen molar-refractivity contribution >= 4 is 22.9 Å². The third-order valence-corrected chi connectivity index (χ3v) is 7.10. The van der Waals surface area contributed by atoms with Crippen LogP contribution in [0.1, 0.15) is 53.0 Å². The maximum Gasteiger partial charge on any atom is -1.00 e. The van der Waals surface area contributed by atoms with E-state index in [1.54, 1.807) is 0 Å². The molecule has 0 aromatic heterocycles. The van der Waals surface area contributed by atoms with Crippen molar-refractivity contribution in [2.24, 2.45) is 0 Å². The summed E-state index contributed by atoms with van der Waals surface area (Å²) in [5.74, 6) is 1.06. The number of hydrogen-bond acceptors (Lipinski definition) is 2. The molecule has 0 unspecified atom stereocenters. The molecule has 1 N–H and O–H groups in total. The smallest absolute Gasteiger partial charge is 1.00 e. The van der Waals surface area contributed by atoms with Gasteiger partial charge in [0.2, 0.25) is 0 Å². The molecule has 0 amide bonds. The third kappa shape index (κ3) is 6.28. The summed E-state index contributed by atoms with van der Waals surface area (Å²) in [5, 5.41) is 9.21. The summed E-state index contributed by atoms with van der Waals surface area (Å²) in [6.07, 6.45) is 2.22. The van der Waals surface area contributed by atoms with Gasteiger partial charge >= 0.3 is 192 Å². The molecule has 0 saturated heterocycles. The quantitative estimate of drug-likeness (QED) is 0.499. The zero-order valence-corrected chi connectivity index (χ0v) is 24.9. The predicted octanol–water partition coefficient (Wildman–Crippen LogP) is -0.607. The number of halogens is 2. The predicted molar refractivity (Wildman–Crippen MR) is 124 cm³/mol. The molecular formula is C25H34Cl2NOSiZr. The van der Waals surface area contributed by atoms with Gasteiger partial charge in [-0.2, -0.15) is 0 Å². The SMILES string of the molecule is CCCC(C)=c1c(O[Si](C)(C)C)cc2c(c1NC(C)(C)C)[C]([Zr+2])=c1ccccc1=2.[Cl-].[Cl-]. The molecule has 0 atom stereocenters. The van der Waals surface area contributed by atoms with E-state index in [-0.39, 0.29) is 30.4 Å². The minimum Gasteiger partial charge on any atom is -1.00 e. The molecule has 167 valence electrons. The van der Waals surface area contributed by atoms with Gasteiger partial charge in [-0.3, -0.25) is 0 Å². The zero-order valence-electron chi connectivity index (χ0n) is 20.0. The van der Waals surface area contributed by atoms with Gasteiger partial charge in [0.15, 0.2) is 0 Å². The summed E-state index contributed by atoms with van der Waals surface area (Å²) in [7, 11) is -1.76. The topological polar surface area (TPSA) is 21.3 Å². The zero-order chi connectivity index (χ0) is 21.6. The fraction of sp³-hybridized carbons (Fsp3) is 0.440. The Morgan fingerprint density at radius 1 is 1.03 bits per heavy atom. The summed E-state index contributed by atoms with van der Waals surface area (Å²) in [6.45, 7) is 18.1. The van der Waals surface area contributed by atoms with Crippen molar-refractivity contribution in [2.75, 3.05) is 5.32 Å². The van der Waals surface area contributed by atoms with Crippen molar-refractivity contribution in [1.29, 1.82) is 0 Å². The number of anilines is 1. The first kappa shape index (κ1) is 28.5. The second-order valence-corrected chi connectivity index (χ2v) is 15.7. The van der Waals surface area contributed by atoms with E-state index in [1.807, 2.05) is 0 Å². The number of benzene rings is 2. The van der Waals surface area contributed by atoms with Crippen LogP contribution >= 0.6 is 0 Å². The van der Waals surface area contributed by atoms with Crippen LogP contribution in [0.2, 0.25) is 19.6 Å². The van der Waals surface area contributed by atoms with Crippen molar-refractivity contribution in [3.8, 4) is 5.75 Å². The van der Waals surface area contributed by atoms with Gasteiger partial charge in [0.1, 0.15) is 0 Å². The number of rotatable bonds is 5. The van der Waals surface area contributed by atoms with E-state index >= 15 is 0 Å². The van der Waals surface area contributed by atoms with E-state index in [0.29, 0.717) is 0 Å². The average Bonchev–Trinajstić information content (AvgIpc) is 2.85. The minimum atomic E-state index is -1.76. The number of hydrogen-bond donors (Lipinski definition) is 1. The Hall–Kier alpha value is -0.540. The number of nitrogens with one attached hydrogen (secondary N) is 1. The molecule has 3 rings (SSSR count). The summed E-state index contributed by atoms with van der Waals surface area (Å²) in [4.78, 5) is 0. The molecule has 31 heavy (non-hydrogen) atoms. The van der Waals surface area contributed by atoms with Gasteiger partial charge in [0.05, 0.1) is 0 Å². The van der Waals surface area contributed by atoms with Crippen LogP contribution in [0.15, 0.2) is 30.3 Å². The minimum absolute atomic E-state index is 0. The molecule has 0 saturated carbocycles. The first-order valence-electron chi connectivity index (χ1n) is 10.6. The van der Waals surface area contributed by atoms with E-state index in [2.05, 4.69) is 89.9 Å². The van der Waals surface area contributed by atoms with Gasteiger partial charge in [-0.05, 0) is 0 Å². The van der Waals surface area contributed by atoms with Crippen molar-refractivity contribution in [3.05, 3.63) is 56.8 Å². The summed E-state index contributed by atoms with van der Waals surface area (Å²) >= 11 is 1.46. The molecule has 1 aliphatic rings. The van der Waals surface area contributed by atoms with Crippen LogP contribution in [0.5, 0.6) is 5.75 Å². The van der Waals surface area contributed by atoms with Gasteiger partial charge in [0.25, 0.3) is 0 Å². The molecular weight excluding hydrogens is 520 g/mol. The molecule has 0 bridgehead atoms. The van der Waals surface area contributed by atoms with Crippen molar-refractivity contribution < 1.29 is 54.0 Å². The van der Waals surface area contributed by atoms with E-state index in [1.165, 1.54) is 65.7 Å². The maximum absolute atomic E-state index is 6.71. The molecule has 0 fully saturated rings. The van der Waals surface area contributed by atoms with Gasteiger partial charge in [-0.15, -0.1) is 0 Å². The molecule has 1 aliphatic carbocycles. The number of fused-ring (bicyclic) bond motifs is 2. The van der Waals surface area contributed by atoms with Crippen LogP contribution in [0, 0.1) is 10.4 Å². The molecule has 6 heteroatoms. The summed E-state index contributed by atoms with van der Waals surface area (Å²) in [5.41, 5.74) is 4.03. The van der Waals surface area contributed by atoms with Crippen molar-refractivity contribution in [1.82, 2.24) is 0 Å². The average molecular weight is 555 g/mol. The Morgan fingerprint density at radius 2 is 1.61 bits per heavy atom. The van der Waals surface area contributed by atoms with Crippen LogP contribution in [-0.4, -0.2) is 13.9 Å². The Bertz CT molecular complexity index is 1160. The Labute approximate surface area is 216 Å². The molecule has 2 aromatic rings. The monoisotopic (exact) mass is 552 g/mol. The molecule has 0 aliphatic heterocycles. The van der Waals surface area contributed by atoms with Crippen molar-refractivity contribution in [2.45, 2.75) is 72.6 Å². The molecule has 0 heterocycles. The summed E-state index contributed by atoms with van der Waals surface area (Å²) < 4.78 is 8.15. The van der Waals surface area contributed by atoms with Crippen LogP contribution in [0.25, 0.3) is 8.85 Å². The fourth-order valence-electron chi connectivity index (χ4n) is 4.04. The van der Waals surface area contributed by atoms with Gasteiger partial charge < -0.3 is 24.8 Å². The second kappa shape index (κ2) is 10.6. The first-order valence-corrected chi connectivity index (χ1v) is 15.3. The Morgan fingerprint density at radius 3 is 2.13 bits per heavy atom. The molecule has 0 radical (unpaired) electrons. The largest absolute Gasteiger partial charge is 1.00 e. The van der Waals surface area contributed by atoms with Crippen LogP contribution in [-0.2, 0) is 24.7 Å². The second-order valence-electron chi connectivity index (χ2n) is 10.1. The normalized spacial score (nSPS) is 13.5. The van der Waals surface area contributed by atoms with Crippen LogP contribution in [0.3, 0.4) is 0 Å². The molecule has 2 aromatic carbocycles. The van der Waals surface area contributed by atoms with Crippen LogP contribution in [0.4, 0.5) is 5.69 Å².